The number of rotatable bonds is 9. The van der Waals surface area contributed by atoms with Gasteiger partial charge < -0.3 is 14.0 Å². The minimum atomic E-state index is -3.53. The van der Waals surface area contributed by atoms with Crippen molar-refractivity contribution in [2.75, 3.05) is 20.7 Å². The third kappa shape index (κ3) is 5.10. The summed E-state index contributed by atoms with van der Waals surface area (Å²) in [5, 5.41) is 3.87. The second kappa shape index (κ2) is 9.03. The quantitative estimate of drug-likeness (QED) is 0.456. The standard InChI is InChI=1S/C17H18BrN3O5S2/c1-21(28(22,23)17-8-7-14(18)27-17)10-9-15-19-16(26-20-15)11-25-13-5-3-12(24-2)4-6-13/h3-8H,9-11H2,1-2H3. The van der Waals surface area contributed by atoms with Crippen molar-refractivity contribution in [1.82, 2.24) is 14.4 Å². The van der Waals surface area contributed by atoms with Gasteiger partial charge in [-0.1, -0.05) is 5.16 Å². The highest BCUT2D eigenvalue weighted by Crippen LogP contribution is 2.28. The Morgan fingerprint density at radius 2 is 1.89 bits per heavy atom. The lowest BCUT2D eigenvalue weighted by molar-refractivity contribution is 0.242. The van der Waals surface area contributed by atoms with Crippen LogP contribution in [0, 0.1) is 0 Å². The summed E-state index contributed by atoms with van der Waals surface area (Å²) in [6.07, 6.45) is 0.328. The molecule has 0 saturated heterocycles. The molecule has 0 fully saturated rings. The Labute approximate surface area is 175 Å². The van der Waals surface area contributed by atoms with Gasteiger partial charge in [0, 0.05) is 20.0 Å². The molecule has 8 nitrogen and oxygen atoms in total. The summed E-state index contributed by atoms with van der Waals surface area (Å²) in [6.45, 7) is 0.354. The number of aromatic nitrogens is 2. The summed E-state index contributed by atoms with van der Waals surface area (Å²) >= 11 is 4.44. The van der Waals surface area contributed by atoms with Gasteiger partial charge in [0.2, 0.25) is 0 Å². The second-order valence-electron chi connectivity index (χ2n) is 5.70. The zero-order chi connectivity index (χ0) is 20.1. The van der Waals surface area contributed by atoms with Crippen molar-refractivity contribution in [3.05, 3.63) is 51.9 Å². The van der Waals surface area contributed by atoms with E-state index in [1.807, 2.05) is 0 Å². The van der Waals surface area contributed by atoms with Crippen LogP contribution in [0.3, 0.4) is 0 Å². The van der Waals surface area contributed by atoms with Crippen LogP contribution in [-0.2, 0) is 23.1 Å². The molecular formula is C17H18BrN3O5S2. The molecule has 0 aliphatic rings. The van der Waals surface area contributed by atoms with Crippen molar-refractivity contribution in [2.45, 2.75) is 17.2 Å². The zero-order valence-electron chi connectivity index (χ0n) is 15.2. The number of likely N-dealkylation sites (N-methyl/N-ethyl adjacent to an activating group) is 1. The van der Waals surface area contributed by atoms with Gasteiger partial charge in [-0.15, -0.1) is 11.3 Å². The molecule has 11 heteroatoms. The molecule has 0 unspecified atom stereocenters. The minimum absolute atomic E-state index is 0.122. The monoisotopic (exact) mass is 487 g/mol. The molecule has 28 heavy (non-hydrogen) atoms. The van der Waals surface area contributed by atoms with Gasteiger partial charge in [0.25, 0.3) is 15.9 Å². The predicted octanol–water partition coefficient (Wildman–Crippen LogP) is 3.34. The van der Waals surface area contributed by atoms with Gasteiger partial charge in [-0.25, -0.2) is 8.42 Å². The molecule has 1 aromatic carbocycles. The van der Waals surface area contributed by atoms with E-state index in [2.05, 4.69) is 26.1 Å². The Kier molecular flexibility index (Phi) is 6.70. The first-order valence-electron chi connectivity index (χ1n) is 8.18. The number of hydrogen-bond acceptors (Lipinski definition) is 8. The van der Waals surface area contributed by atoms with E-state index in [9.17, 15) is 8.42 Å². The van der Waals surface area contributed by atoms with Crippen LogP contribution in [0.15, 0.2) is 48.9 Å². The maximum atomic E-state index is 12.5. The number of ether oxygens (including phenoxy) is 2. The molecule has 0 amide bonds. The first-order chi connectivity index (χ1) is 13.4. The Balaban J connectivity index is 1.52. The van der Waals surface area contributed by atoms with Gasteiger partial charge in [-0.2, -0.15) is 9.29 Å². The Bertz CT molecular complexity index is 1020. The van der Waals surface area contributed by atoms with Crippen molar-refractivity contribution < 1.29 is 22.4 Å². The van der Waals surface area contributed by atoms with Crippen LogP contribution in [0.5, 0.6) is 11.5 Å². The molecule has 2 aromatic heterocycles. The number of sulfonamides is 1. The maximum absolute atomic E-state index is 12.5. The first kappa shape index (κ1) is 20.8. The smallest absolute Gasteiger partial charge is 0.264 e. The molecule has 0 saturated carbocycles. The Morgan fingerprint density at radius 3 is 2.54 bits per heavy atom. The molecular weight excluding hydrogens is 470 g/mol. The van der Waals surface area contributed by atoms with E-state index >= 15 is 0 Å². The third-order valence-corrected chi connectivity index (χ3v) is 7.74. The predicted molar refractivity (Wildman–Crippen MR) is 107 cm³/mol. The molecule has 0 radical (unpaired) electrons. The van der Waals surface area contributed by atoms with Crippen molar-refractivity contribution in [2.24, 2.45) is 0 Å². The normalized spacial score (nSPS) is 11.7. The minimum Gasteiger partial charge on any atom is -0.497 e. The number of thiophene rings is 1. The molecule has 0 bridgehead atoms. The fourth-order valence-electron chi connectivity index (χ4n) is 2.23. The van der Waals surface area contributed by atoms with Crippen molar-refractivity contribution in [3.63, 3.8) is 0 Å². The number of nitrogens with zero attached hydrogens (tertiary/aromatic N) is 3. The molecule has 3 aromatic rings. The van der Waals surface area contributed by atoms with E-state index in [4.69, 9.17) is 14.0 Å². The van der Waals surface area contributed by atoms with Crippen LogP contribution < -0.4 is 9.47 Å². The fraction of sp³-hybridized carbons (Fsp3) is 0.294. The third-order valence-electron chi connectivity index (χ3n) is 3.80. The molecule has 0 aliphatic heterocycles. The van der Waals surface area contributed by atoms with Gasteiger partial charge in [0.05, 0.1) is 10.9 Å². The van der Waals surface area contributed by atoms with Gasteiger partial charge in [0.15, 0.2) is 12.4 Å². The highest BCUT2D eigenvalue weighted by molar-refractivity contribution is 9.11. The van der Waals surface area contributed by atoms with Gasteiger partial charge in [-0.05, 0) is 52.3 Å². The first-order valence-corrected chi connectivity index (χ1v) is 11.2. The average molecular weight is 488 g/mol. The lowest BCUT2D eigenvalue weighted by Crippen LogP contribution is -2.28. The Hall–Kier alpha value is -1.95. The van der Waals surface area contributed by atoms with Gasteiger partial charge in [0.1, 0.15) is 15.7 Å². The lowest BCUT2D eigenvalue weighted by Gasteiger charge is -2.14. The number of methoxy groups -OCH3 is 1. The molecule has 0 aliphatic carbocycles. The van der Waals surface area contributed by atoms with Gasteiger partial charge in [-0.3, -0.25) is 0 Å². The van der Waals surface area contributed by atoms with E-state index in [0.717, 1.165) is 9.54 Å². The number of hydrogen-bond donors (Lipinski definition) is 0. The lowest BCUT2D eigenvalue weighted by atomic mass is 10.3. The zero-order valence-corrected chi connectivity index (χ0v) is 18.4. The summed E-state index contributed by atoms with van der Waals surface area (Å²) in [5.41, 5.74) is 0. The number of benzene rings is 1. The van der Waals surface area contributed by atoms with Crippen molar-refractivity contribution >= 4 is 37.3 Å². The summed E-state index contributed by atoms with van der Waals surface area (Å²) < 4.78 is 43.1. The van der Waals surface area contributed by atoms with Crippen LogP contribution in [0.1, 0.15) is 11.7 Å². The molecule has 2 heterocycles. The second-order valence-corrected chi connectivity index (χ2v) is 10.4. The van der Waals surface area contributed by atoms with E-state index in [1.54, 1.807) is 43.5 Å². The fourth-order valence-corrected chi connectivity index (χ4v) is 5.63. The summed E-state index contributed by atoms with van der Waals surface area (Å²) in [5.74, 6) is 2.12. The molecule has 3 rings (SSSR count). The van der Waals surface area contributed by atoms with Crippen molar-refractivity contribution in [1.29, 1.82) is 0 Å². The van der Waals surface area contributed by atoms with Crippen LogP contribution >= 0.6 is 27.3 Å². The molecule has 0 atom stereocenters. The molecule has 0 spiro atoms. The molecule has 0 N–H and O–H groups in total. The van der Waals surface area contributed by atoms with E-state index < -0.39 is 10.0 Å². The van der Waals surface area contributed by atoms with Gasteiger partial charge >= 0.3 is 0 Å². The topological polar surface area (TPSA) is 94.8 Å². The van der Waals surface area contributed by atoms with E-state index in [-0.39, 0.29) is 17.4 Å². The highest BCUT2D eigenvalue weighted by Gasteiger charge is 2.23. The number of halogens is 1. The summed E-state index contributed by atoms with van der Waals surface area (Å²) in [6, 6.07) is 10.4. The molecule has 150 valence electrons. The van der Waals surface area contributed by atoms with Crippen LogP contribution in [-0.4, -0.2) is 43.6 Å². The Morgan fingerprint density at radius 1 is 1.18 bits per heavy atom. The van der Waals surface area contributed by atoms with Crippen LogP contribution in [0.4, 0.5) is 0 Å². The maximum Gasteiger partial charge on any atom is 0.264 e. The highest BCUT2D eigenvalue weighted by atomic mass is 79.9. The van der Waals surface area contributed by atoms with Crippen LogP contribution in [0.2, 0.25) is 0 Å². The van der Waals surface area contributed by atoms with Crippen LogP contribution in [0.25, 0.3) is 0 Å². The summed E-state index contributed by atoms with van der Waals surface area (Å²) in [4.78, 5) is 4.24. The van der Waals surface area contributed by atoms with E-state index in [1.165, 1.54) is 22.7 Å². The van der Waals surface area contributed by atoms with Crippen molar-refractivity contribution in [3.8, 4) is 11.5 Å². The van der Waals surface area contributed by atoms with E-state index in [0.29, 0.717) is 23.9 Å². The summed E-state index contributed by atoms with van der Waals surface area (Å²) in [7, 11) is -0.413. The largest absolute Gasteiger partial charge is 0.497 e. The SMILES string of the molecule is COc1ccc(OCc2nc(CCN(C)S(=O)(=O)c3ccc(Br)s3)no2)cc1. The average Bonchev–Trinajstić information content (AvgIpc) is 3.34.